The Labute approximate surface area is 131 Å². The van der Waals surface area contributed by atoms with Crippen molar-refractivity contribution in [2.75, 3.05) is 18.8 Å². The van der Waals surface area contributed by atoms with Crippen molar-refractivity contribution in [3.8, 4) is 0 Å². The van der Waals surface area contributed by atoms with Crippen LogP contribution in [0, 0.1) is 0 Å². The van der Waals surface area contributed by atoms with Gasteiger partial charge in [0.1, 0.15) is 0 Å². The molecular formula is C11H20ClN3O4S2. The lowest BCUT2D eigenvalue weighted by molar-refractivity contribution is 0.560. The molecule has 0 bridgehead atoms. The van der Waals surface area contributed by atoms with Crippen molar-refractivity contribution >= 4 is 32.5 Å². The lowest BCUT2D eigenvalue weighted by Gasteiger charge is -2.12. The molecule has 4 N–H and O–H groups in total. The van der Waals surface area contributed by atoms with Crippen molar-refractivity contribution in [1.29, 1.82) is 0 Å². The third kappa shape index (κ3) is 7.21. The molecule has 0 saturated heterocycles. The Morgan fingerprint density at radius 1 is 1.14 bits per heavy atom. The molecule has 1 rings (SSSR count). The fourth-order valence-corrected chi connectivity index (χ4v) is 3.79. The summed E-state index contributed by atoms with van der Waals surface area (Å²) in [7, 11) is -7.24. The van der Waals surface area contributed by atoms with Gasteiger partial charge in [0.2, 0.25) is 20.0 Å². The van der Waals surface area contributed by atoms with Crippen molar-refractivity contribution in [3.05, 3.63) is 30.3 Å². The van der Waals surface area contributed by atoms with Gasteiger partial charge < -0.3 is 5.73 Å². The molecule has 0 aliphatic carbocycles. The molecule has 0 aromatic heterocycles. The summed E-state index contributed by atoms with van der Waals surface area (Å²) in [6.07, 6.45) is 0. The Bertz CT molecular complexity index is 620. The highest BCUT2D eigenvalue weighted by molar-refractivity contribution is 7.90. The van der Waals surface area contributed by atoms with Gasteiger partial charge in [0.05, 0.1) is 10.6 Å². The molecule has 0 amide bonds. The Morgan fingerprint density at radius 3 is 2.24 bits per heavy atom. The molecule has 122 valence electrons. The first-order valence-electron chi connectivity index (χ1n) is 6.01. The maximum atomic E-state index is 11.9. The van der Waals surface area contributed by atoms with Gasteiger partial charge in [0.25, 0.3) is 0 Å². The van der Waals surface area contributed by atoms with Crippen LogP contribution >= 0.6 is 12.4 Å². The summed E-state index contributed by atoms with van der Waals surface area (Å²) in [5, 5.41) is 0. The second-order valence-corrected chi connectivity index (χ2v) is 7.92. The zero-order valence-electron chi connectivity index (χ0n) is 11.5. The summed E-state index contributed by atoms with van der Waals surface area (Å²) in [4.78, 5) is 0.0979. The van der Waals surface area contributed by atoms with Crippen LogP contribution in [0.5, 0.6) is 0 Å². The molecule has 1 aromatic rings. The number of hydrogen-bond acceptors (Lipinski definition) is 5. The van der Waals surface area contributed by atoms with E-state index in [1.165, 1.54) is 12.1 Å². The van der Waals surface area contributed by atoms with E-state index in [1.54, 1.807) is 25.1 Å². The maximum absolute atomic E-state index is 11.9. The largest absolute Gasteiger partial charge is 0.329 e. The highest BCUT2D eigenvalue weighted by Gasteiger charge is 2.17. The van der Waals surface area contributed by atoms with Crippen molar-refractivity contribution in [2.24, 2.45) is 5.73 Å². The van der Waals surface area contributed by atoms with Gasteiger partial charge in [-0.25, -0.2) is 26.3 Å². The fraction of sp³-hybridized carbons (Fsp3) is 0.455. The fourth-order valence-electron chi connectivity index (χ4n) is 1.41. The lowest BCUT2D eigenvalue weighted by Crippen LogP contribution is -2.41. The van der Waals surface area contributed by atoms with Crippen LogP contribution in [0.15, 0.2) is 35.2 Å². The third-order valence-corrected chi connectivity index (χ3v) is 5.43. The van der Waals surface area contributed by atoms with Crippen LogP contribution in [-0.2, 0) is 20.0 Å². The minimum absolute atomic E-state index is 0. The topological polar surface area (TPSA) is 118 Å². The van der Waals surface area contributed by atoms with Gasteiger partial charge in [-0.3, -0.25) is 0 Å². The van der Waals surface area contributed by atoms with Crippen LogP contribution < -0.4 is 15.2 Å². The van der Waals surface area contributed by atoms with Gasteiger partial charge in [0, 0.05) is 19.1 Å². The smallest absolute Gasteiger partial charge is 0.240 e. The molecule has 0 aliphatic rings. The van der Waals surface area contributed by atoms with Gasteiger partial charge in [-0.15, -0.1) is 12.4 Å². The Balaban J connectivity index is 0.00000400. The number of nitrogens with one attached hydrogen (secondary N) is 2. The average Bonchev–Trinajstić information content (AvgIpc) is 2.38. The molecule has 0 spiro atoms. The minimum Gasteiger partial charge on any atom is -0.329 e. The lowest BCUT2D eigenvalue weighted by atomic mass is 10.4. The normalized spacial score (nSPS) is 13.4. The number of benzene rings is 1. The quantitative estimate of drug-likeness (QED) is 0.587. The minimum atomic E-state index is -3.68. The van der Waals surface area contributed by atoms with Crippen LogP contribution in [0.4, 0.5) is 0 Å². The summed E-state index contributed by atoms with van der Waals surface area (Å²) in [5.74, 6) is -0.344. The van der Waals surface area contributed by atoms with E-state index in [0.717, 1.165) is 0 Å². The Kier molecular flexibility index (Phi) is 8.37. The zero-order chi connectivity index (χ0) is 15.2. The number of sulfonamides is 2. The predicted molar refractivity (Wildman–Crippen MR) is 84.3 cm³/mol. The first-order chi connectivity index (χ1) is 9.27. The summed E-state index contributed by atoms with van der Waals surface area (Å²) in [6.45, 7) is 1.60. The number of nitrogens with two attached hydrogens (primary N) is 1. The molecular weight excluding hydrogens is 338 g/mol. The van der Waals surface area contributed by atoms with E-state index in [-0.39, 0.29) is 42.2 Å². The summed E-state index contributed by atoms with van der Waals surface area (Å²) in [6, 6.07) is 7.37. The van der Waals surface area contributed by atoms with Gasteiger partial charge in [-0.05, 0) is 19.1 Å². The van der Waals surface area contributed by atoms with Gasteiger partial charge >= 0.3 is 0 Å². The number of rotatable bonds is 8. The van der Waals surface area contributed by atoms with Crippen LogP contribution in [0.1, 0.15) is 6.92 Å². The molecule has 7 nitrogen and oxygen atoms in total. The van der Waals surface area contributed by atoms with E-state index >= 15 is 0 Å². The zero-order valence-corrected chi connectivity index (χ0v) is 14.0. The first-order valence-corrected chi connectivity index (χ1v) is 9.15. The molecule has 10 heteroatoms. The highest BCUT2D eigenvalue weighted by atomic mass is 35.5. The molecule has 1 aromatic carbocycles. The third-order valence-electron chi connectivity index (χ3n) is 2.45. The first kappa shape index (κ1) is 20.3. The number of hydrogen-bond donors (Lipinski definition) is 3. The molecule has 0 aliphatic heterocycles. The molecule has 1 atom stereocenters. The summed E-state index contributed by atoms with van der Waals surface area (Å²) >= 11 is 0. The van der Waals surface area contributed by atoms with E-state index in [1.807, 2.05) is 0 Å². The Hall–Kier alpha value is -0.710. The van der Waals surface area contributed by atoms with Crippen molar-refractivity contribution < 1.29 is 16.8 Å². The van der Waals surface area contributed by atoms with Crippen LogP contribution in [0.25, 0.3) is 0 Å². The SMILES string of the molecule is C[C@@H](CN)NS(=O)(=O)CCNS(=O)(=O)c1ccccc1.Cl. The van der Waals surface area contributed by atoms with Crippen LogP contribution in [0.2, 0.25) is 0 Å². The molecule has 0 fully saturated rings. The van der Waals surface area contributed by atoms with E-state index in [9.17, 15) is 16.8 Å². The molecule has 0 unspecified atom stereocenters. The van der Waals surface area contributed by atoms with Crippen LogP contribution in [0.3, 0.4) is 0 Å². The molecule has 0 heterocycles. The second kappa shape index (κ2) is 8.66. The van der Waals surface area contributed by atoms with Crippen molar-refractivity contribution in [1.82, 2.24) is 9.44 Å². The van der Waals surface area contributed by atoms with Gasteiger partial charge in [-0.1, -0.05) is 18.2 Å². The van der Waals surface area contributed by atoms with E-state index in [4.69, 9.17) is 5.73 Å². The predicted octanol–water partition coefficient (Wildman–Crippen LogP) is -0.347. The van der Waals surface area contributed by atoms with E-state index in [0.29, 0.717) is 0 Å². The molecule has 21 heavy (non-hydrogen) atoms. The Morgan fingerprint density at radius 2 is 1.71 bits per heavy atom. The maximum Gasteiger partial charge on any atom is 0.240 e. The van der Waals surface area contributed by atoms with Gasteiger partial charge in [0.15, 0.2) is 0 Å². The van der Waals surface area contributed by atoms with E-state index < -0.39 is 20.0 Å². The highest BCUT2D eigenvalue weighted by Crippen LogP contribution is 2.06. The monoisotopic (exact) mass is 357 g/mol. The van der Waals surface area contributed by atoms with Gasteiger partial charge in [-0.2, -0.15) is 0 Å². The van der Waals surface area contributed by atoms with E-state index in [2.05, 4.69) is 9.44 Å². The van der Waals surface area contributed by atoms with Crippen LogP contribution in [-0.4, -0.2) is 41.7 Å². The van der Waals surface area contributed by atoms with Crippen molar-refractivity contribution in [2.45, 2.75) is 17.9 Å². The molecule has 0 saturated carbocycles. The summed E-state index contributed by atoms with van der Waals surface area (Å²) in [5.41, 5.74) is 5.31. The summed E-state index contributed by atoms with van der Waals surface area (Å²) < 4.78 is 51.5. The second-order valence-electron chi connectivity index (χ2n) is 4.28. The standard InChI is InChI=1S/C11H19N3O4S2.ClH/c1-10(9-12)14-19(15,16)8-7-13-20(17,18)11-5-3-2-4-6-11;/h2-6,10,13-14H,7-9,12H2,1H3;1H/t10-;/m0./s1. The molecule has 0 radical (unpaired) electrons. The van der Waals surface area contributed by atoms with Crippen molar-refractivity contribution in [3.63, 3.8) is 0 Å². The number of halogens is 1. The average molecular weight is 358 g/mol.